The molecule has 0 saturated carbocycles. The smallest absolute Gasteiger partial charge is 0.123 e. The Morgan fingerprint density at radius 3 is 2.47 bits per heavy atom. The van der Waals surface area contributed by atoms with Gasteiger partial charge in [-0.25, -0.2) is 4.39 Å². The highest BCUT2D eigenvalue weighted by atomic mass is 32.2. The van der Waals surface area contributed by atoms with Crippen LogP contribution in [0.4, 0.5) is 10.1 Å². The average Bonchev–Trinajstić information content (AvgIpc) is 2.33. The van der Waals surface area contributed by atoms with Crippen molar-refractivity contribution in [3.05, 3.63) is 59.4 Å². The van der Waals surface area contributed by atoms with Crippen molar-refractivity contribution in [1.29, 1.82) is 0 Å². The number of hydrogen-bond donors (Lipinski definition) is 1. The van der Waals surface area contributed by atoms with Crippen LogP contribution in [-0.2, 0) is 5.75 Å². The molecule has 1 nitrogen and oxygen atoms in total. The third-order valence-corrected chi connectivity index (χ3v) is 3.62. The molecule has 0 amide bonds. The number of hydrogen-bond acceptors (Lipinski definition) is 2. The summed E-state index contributed by atoms with van der Waals surface area (Å²) in [7, 11) is 0. The monoisotopic (exact) mass is 247 g/mol. The first kappa shape index (κ1) is 12.0. The van der Waals surface area contributed by atoms with E-state index in [1.54, 1.807) is 11.8 Å². The third kappa shape index (κ3) is 3.24. The van der Waals surface area contributed by atoms with Crippen molar-refractivity contribution in [2.45, 2.75) is 17.6 Å². The molecule has 0 aliphatic carbocycles. The quantitative estimate of drug-likeness (QED) is 0.655. The molecule has 2 aromatic rings. The number of halogens is 1. The summed E-state index contributed by atoms with van der Waals surface area (Å²) in [4.78, 5) is 1.18. The summed E-state index contributed by atoms with van der Waals surface area (Å²) in [5.74, 6) is 0.644. The van der Waals surface area contributed by atoms with Crippen LogP contribution in [-0.4, -0.2) is 0 Å². The predicted octanol–water partition coefficient (Wildman–Crippen LogP) is 4.01. The van der Waals surface area contributed by atoms with Crippen LogP contribution in [0.2, 0.25) is 0 Å². The molecule has 17 heavy (non-hydrogen) atoms. The zero-order valence-corrected chi connectivity index (χ0v) is 10.4. The zero-order chi connectivity index (χ0) is 12.3. The summed E-state index contributed by atoms with van der Waals surface area (Å²) >= 11 is 1.72. The van der Waals surface area contributed by atoms with Gasteiger partial charge >= 0.3 is 0 Å². The molecule has 0 aromatic heterocycles. The maximum atomic E-state index is 12.7. The molecular weight excluding hydrogens is 233 g/mol. The van der Waals surface area contributed by atoms with E-state index in [0.717, 1.165) is 22.6 Å². The molecule has 2 aromatic carbocycles. The van der Waals surface area contributed by atoms with Crippen molar-refractivity contribution in [3.8, 4) is 0 Å². The predicted molar refractivity (Wildman–Crippen MR) is 71.6 cm³/mol. The summed E-state index contributed by atoms with van der Waals surface area (Å²) in [5, 5.41) is 0. The van der Waals surface area contributed by atoms with E-state index >= 15 is 0 Å². The van der Waals surface area contributed by atoms with Gasteiger partial charge in [0.25, 0.3) is 0 Å². The number of anilines is 1. The molecular formula is C14H14FNS. The summed E-state index contributed by atoms with van der Waals surface area (Å²) < 4.78 is 12.7. The van der Waals surface area contributed by atoms with E-state index in [2.05, 4.69) is 6.07 Å². The summed E-state index contributed by atoms with van der Waals surface area (Å²) in [5.41, 5.74) is 8.79. The lowest BCUT2D eigenvalue weighted by atomic mass is 10.2. The van der Waals surface area contributed by atoms with Crippen molar-refractivity contribution >= 4 is 17.4 Å². The number of nitrogens with two attached hydrogens (primary N) is 1. The fraction of sp³-hybridized carbons (Fsp3) is 0.143. The van der Waals surface area contributed by atoms with Crippen LogP contribution >= 0.6 is 11.8 Å². The Balaban J connectivity index is 2.02. The van der Waals surface area contributed by atoms with Gasteiger partial charge in [0, 0.05) is 16.3 Å². The maximum Gasteiger partial charge on any atom is 0.123 e. The first-order valence-electron chi connectivity index (χ1n) is 5.38. The van der Waals surface area contributed by atoms with Crippen molar-refractivity contribution in [1.82, 2.24) is 0 Å². The summed E-state index contributed by atoms with van der Waals surface area (Å²) in [6.45, 7) is 2.00. The Bertz CT molecular complexity index is 508. The summed E-state index contributed by atoms with van der Waals surface area (Å²) in [6, 6.07) is 12.6. The molecule has 0 radical (unpaired) electrons. The van der Waals surface area contributed by atoms with Crippen molar-refractivity contribution in [2.75, 3.05) is 5.73 Å². The molecule has 0 bridgehead atoms. The second kappa shape index (κ2) is 5.23. The topological polar surface area (TPSA) is 26.0 Å². The lowest BCUT2D eigenvalue weighted by molar-refractivity contribution is 0.627. The Kier molecular flexibility index (Phi) is 3.69. The highest BCUT2D eigenvalue weighted by Gasteiger charge is 1.99. The maximum absolute atomic E-state index is 12.7. The van der Waals surface area contributed by atoms with Gasteiger partial charge in [0.2, 0.25) is 0 Å². The number of thioether (sulfide) groups is 1. The van der Waals surface area contributed by atoms with Crippen LogP contribution < -0.4 is 5.73 Å². The Morgan fingerprint density at radius 1 is 1.12 bits per heavy atom. The molecule has 0 saturated heterocycles. The third-order valence-electron chi connectivity index (χ3n) is 2.56. The van der Waals surface area contributed by atoms with E-state index < -0.39 is 0 Å². The van der Waals surface area contributed by atoms with Crippen molar-refractivity contribution in [2.24, 2.45) is 0 Å². The first-order valence-corrected chi connectivity index (χ1v) is 6.37. The number of rotatable bonds is 3. The molecule has 0 heterocycles. The molecule has 2 rings (SSSR count). The van der Waals surface area contributed by atoms with Crippen LogP contribution in [0.5, 0.6) is 0 Å². The van der Waals surface area contributed by atoms with Gasteiger partial charge in [-0.2, -0.15) is 0 Å². The second-order valence-corrected chi connectivity index (χ2v) is 4.98. The lowest BCUT2D eigenvalue weighted by Gasteiger charge is -2.05. The van der Waals surface area contributed by atoms with Crippen LogP contribution in [0.15, 0.2) is 47.4 Å². The SMILES string of the molecule is Cc1cc(SCc2ccc(F)cc2)ccc1N. The molecule has 3 heteroatoms. The highest BCUT2D eigenvalue weighted by molar-refractivity contribution is 7.98. The van der Waals surface area contributed by atoms with E-state index in [1.165, 1.54) is 17.0 Å². The van der Waals surface area contributed by atoms with Crippen LogP contribution in [0, 0.1) is 12.7 Å². The molecule has 0 unspecified atom stereocenters. The second-order valence-electron chi connectivity index (χ2n) is 3.93. The molecule has 0 aliphatic rings. The van der Waals surface area contributed by atoms with Gasteiger partial charge in [-0.1, -0.05) is 12.1 Å². The van der Waals surface area contributed by atoms with Gasteiger partial charge < -0.3 is 5.73 Å². The summed E-state index contributed by atoms with van der Waals surface area (Å²) in [6.07, 6.45) is 0. The number of benzene rings is 2. The number of aryl methyl sites for hydroxylation is 1. The minimum Gasteiger partial charge on any atom is -0.399 e. The largest absolute Gasteiger partial charge is 0.399 e. The fourth-order valence-electron chi connectivity index (χ4n) is 1.49. The fourth-order valence-corrected chi connectivity index (χ4v) is 2.44. The standard InChI is InChI=1S/C14H14FNS/c1-10-8-13(6-7-14(10)16)17-9-11-2-4-12(15)5-3-11/h2-8H,9,16H2,1H3. The van der Waals surface area contributed by atoms with Gasteiger partial charge in [0.1, 0.15) is 5.82 Å². The van der Waals surface area contributed by atoms with Gasteiger partial charge in [-0.05, 0) is 48.4 Å². The normalized spacial score (nSPS) is 10.5. The average molecular weight is 247 g/mol. The minimum absolute atomic E-state index is 0.193. The van der Waals surface area contributed by atoms with Crippen molar-refractivity contribution < 1.29 is 4.39 Å². The molecule has 0 fully saturated rings. The molecule has 2 N–H and O–H groups in total. The van der Waals surface area contributed by atoms with Gasteiger partial charge in [-0.15, -0.1) is 11.8 Å². The lowest BCUT2D eigenvalue weighted by Crippen LogP contribution is -1.89. The van der Waals surface area contributed by atoms with Crippen LogP contribution in [0.1, 0.15) is 11.1 Å². The van der Waals surface area contributed by atoms with Crippen LogP contribution in [0.3, 0.4) is 0 Å². The van der Waals surface area contributed by atoms with Gasteiger partial charge in [0.15, 0.2) is 0 Å². The van der Waals surface area contributed by atoms with Crippen LogP contribution in [0.25, 0.3) is 0 Å². The Hall–Kier alpha value is -1.48. The van der Waals surface area contributed by atoms with E-state index in [0.29, 0.717) is 0 Å². The van der Waals surface area contributed by atoms with E-state index in [9.17, 15) is 4.39 Å². The molecule has 88 valence electrons. The van der Waals surface area contributed by atoms with E-state index in [4.69, 9.17) is 5.73 Å². The molecule has 0 spiro atoms. The molecule has 0 aliphatic heterocycles. The first-order chi connectivity index (χ1) is 8.15. The van der Waals surface area contributed by atoms with E-state index in [-0.39, 0.29) is 5.82 Å². The Morgan fingerprint density at radius 2 is 1.82 bits per heavy atom. The highest BCUT2D eigenvalue weighted by Crippen LogP contribution is 2.25. The van der Waals surface area contributed by atoms with Crippen molar-refractivity contribution in [3.63, 3.8) is 0 Å². The minimum atomic E-state index is -0.193. The number of nitrogen functional groups attached to an aromatic ring is 1. The van der Waals surface area contributed by atoms with Gasteiger partial charge in [-0.3, -0.25) is 0 Å². The Labute approximate surface area is 105 Å². The zero-order valence-electron chi connectivity index (χ0n) is 9.61. The van der Waals surface area contributed by atoms with E-state index in [1.807, 2.05) is 31.2 Å². The van der Waals surface area contributed by atoms with Gasteiger partial charge in [0.05, 0.1) is 0 Å². The molecule has 0 atom stereocenters.